The summed E-state index contributed by atoms with van der Waals surface area (Å²) in [7, 11) is 1.62. The number of anilines is 1. The molecule has 6 nitrogen and oxygen atoms in total. The zero-order chi connectivity index (χ0) is 21.1. The van der Waals surface area contributed by atoms with Crippen molar-refractivity contribution in [3.05, 3.63) is 38.5 Å². The van der Waals surface area contributed by atoms with Gasteiger partial charge in [-0.3, -0.25) is 14.6 Å². The molecule has 3 aromatic rings. The molecular weight excluding hydrogens is 465 g/mol. The van der Waals surface area contributed by atoms with E-state index in [0.717, 1.165) is 55.2 Å². The quantitative estimate of drug-likeness (QED) is 0.468. The van der Waals surface area contributed by atoms with Gasteiger partial charge in [0, 0.05) is 32.2 Å². The zero-order valence-corrected chi connectivity index (χ0v) is 19.5. The monoisotopic (exact) mass is 485 g/mol. The van der Waals surface area contributed by atoms with Crippen LogP contribution in [0.4, 0.5) is 5.13 Å². The van der Waals surface area contributed by atoms with Crippen LogP contribution in [-0.2, 0) is 4.74 Å². The molecule has 1 aliphatic heterocycles. The molecule has 30 heavy (non-hydrogen) atoms. The van der Waals surface area contributed by atoms with Gasteiger partial charge >= 0.3 is 0 Å². The standard InChI is InChI=1S/C20H21Cl2N3O3S2/c1-27-13-3-4-16-15(11-13)23-20(29-16)25(6-2-5-24-7-9-28-10-8-24)19(26)14-12-17(21)30-18(14)22/h3-4,11-12H,2,5-10H2,1H3. The van der Waals surface area contributed by atoms with E-state index in [1.54, 1.807) is 18.1 Å². The number of hydrogen-bond acceptors (Lipinski definition) is 7. The van der Waals surface area contributed by atoms with Gasteiger partial charge in [-0.1, -0.05) is 34.5 Å². The first-order valence-electron chi connectivity index (χ1n) is 9.56. The molecule has 160 valence electrons. The van der Waals surface area contributed by atoms with E-state index in [1.807, 2.05) is 18.2 Å². The van der Waals surface area contributed by atoms with Crippen LogP contribution in [0.2, 0.25) is 8.67 Å². The summed E-state index contributed by atoms with van der Waals surface area (Å²) in [5.41, 5.74) is 1.21. The number of halogens is 2. The third-order valence-corrected chi connectivity index (χ3v) is 7.45. The normalized spacial score (nSPS) is 14.9. The Morgan fingerprint density at radius 3 is 2.77 bits per heavy atom. The molecule has 10 heteroatoms. The molecule has 0 bridgehead atoms. The molecule has 0 atom stereocenters. The molecule has 2 aromatic heterocycles. The summed E-state index contributed by atoms with van der Waals surface area (Å²) < 4.78 is 12.6. The van der Waals surface area contributed by atoms with Crippen LogP contribution in [0.15, 0.2) is 24.3 Å². The van der Waals surface area contributed by atoms with E-state index >= 15 is 0 Å². The van der Waals surface area contributed by atoms with Gasteiger partial charge in [-0.15, -0.1) is 11.3 Å². The fourth-order valence-corrected chi connectivity index (χ4v) is 5.75. The molecule has 1 fully saturated rings. The topological polar surface area (TPSA) is 54.9 Å². The van der Waals surface area contributed by atoms with E-state index in [1.165, 1.54) is 22.7 Å². The molecule has 0 saturated carbocycles. The number of benzene rings is 1. The number of carbonyl (C=O) groups excluding carboxylic acids is 1. The molecule has 1 aromatic carbocycles. The second-order valence-electron chi connectivity index (χ2n) is 6.83. The molecule has 4 rings (SSSR count). The second-order valence-corrected chi connectivity index (χ2v) is 10.1. The molecule has 0 unspecified atom stereocenters. The Balaban J connectivity index is 1.59. The molecule has 1 saturated heterocycles. The fraction of sp³-hybridized carbons (Fsp3) is 0.400. The van der Waals surface area contributed by atoms with E-state index in [0.29, 0.717) is 25.9 Å². The van der Waals surface area contributed by atoms with Crippen molar-refractivity contribution in [2.45, 2.75) is 6.42 Å². The lowest BCUT2D eigenvalue weighted by Gasteiger charge is -2.27. The van der Waals surface area contributed by atoms with Gasteiger partial charge in [-0.25, -0.2) is 4.98 Å². The van der Waals surface area contributed by atoms with Crippen LogP contribution in [0.3, 0.4) is 0 Å². The summed E-state index contributed by atoms with van der Waals surface area (Å²) >= 11 is 15.0. The second kappa shape index (κ2) is 9.80. The lowest BCUT2D eigenvalue weighted by Crippen LogP contribution is -2.39. The van der Waals surface area contributed by atoms with Crippen LogP contribution in [0.25, 0.3) is 10.2 Å². The first-order valence-corrected chi connectivity index (χ1v) is 12.0. The molecule has 0 N–H and O–H groups in total. The Kier molecular flexibility index (Phi) is 7.12. The third kappa shape index (κ3) is 4.90. The average Bonchev–Trinajstić information content (AvgIpc) is 3.33. The van der Waals surface area contributed by atoms with Gasteiger partial charge in [0.05, 0.1) is 40.4 Å². The fourth-order valence-electron chi connectivity index (χ4n) is 3.33. The van der Waals surface area contributed by atoms with Crippen LogP contribution < -0.4 is 9.64 Å². The molecule has 1 aliphatic rings. The van der Waals surface area contributed by atoms with Crippen molar-refractivity contribution in [1.82, 2.24) is 9.88 Å². The Labute approximate surface area is 192 Å². The van der Waals surface area contributed by atoms with Crippen molar-refractivity contribution < 1.29 is 14.3 Å². The van der Waals surface area contributed by atoms with E-state index in [-0.39, 0.29) is 5.91 Å². The van der Waals surface area contributed by atoms with Gasteiger partial charge < -0.3 is 9.47 Å². The Bertz CT molecular complexity index is 1030. The summed E-state index contributed by atoms with van der Waals surface area (Å²) in [4.78, 5) is 22.1. The molecule has 0 radical (unpaired) electrons. The summed E-state index contributed by atoms with van der Waals surface area (Å²) in [5, 5.41) is 0.642. The number of hydrogen-bond donors (Lipinski definition) is 0. The van der Waals surface area contributed by atoms with Crippen LogP contribution in [-0.4, -0.2) is 62.3 Å². The van der Waals surface area contributed by atoms with Crippen LogP contribution in [0.5, 0.6) is 5.75 Å². The van der Waals surface area contributed by atoms with Crippen molar-refractivity contribution in [2.75, 3.05) is 51.4 Å². The highest BCUT2D eigenvalue weighted by Crippen LogP contribution is 2.35. The number of ether oxygens (including phenoxy) is 2. The van der Waals surface area contributed by atoms with Crippen molar-refractivity contribution in [3.8, 4) is 5.75 Å². The Morgan fingerprint density at radius 1 is 1.27 bits per heavy atom. The van der Waals surface area contributed by atoms with E-state index < -0.39 is 0 Å². The maximum atomic E-state index is 13.4. The van der Waals surface area contributed by atoms with Gasteiger partial charge in [-0.05, 0) is 24.6 Å². The Morgan fingerprint density at radius 2 is 2.07 bits per heavy atom. The van der Waals surface area contributed by atoms with Crippen LogP contribution in [0.1, 0.15) is 16.8 Å². The number of amides is 1. The van der Waals surface area contributed by atoms with Gasteiger partial charge in [0.15, 0.2) is 5.13 Å². The summed E-state index contributed by atoms with van der Waals surface area (Å²) in [6.07, 6.45) is 0.820. The number of aromatic nitrogens is 1. The highest BCUT2D eigenvalue weighted by Gasteiger charge is 2.25. The SMILES string of the molecule is COc1ccc2sc(N(CCCN3CCOCC3)C(=O)c3cc(Cl)sc3Cl)nc2c1. The molecular formula is C20H21Cl2N3O3S2. The maximum Gasteiger partial charge on any atom is 0.262 e. The van der Waals surface area contributed by atoms with E-state index in [9.17, 15) is 4.79 Å². The van der Waals surface area contributed by atoms with Gasteiger partial charge in [0.2, 0.25) is 0 Å². The van der Waals surface area contributed by atoms with Crippen molar-refractivity contribution in [3.63, 3.8) is 0 Å². The molecule has 0 aliphatic carbocycles. The maximum absolute atomic E-state index is 13.4. The largest absolute Gasteiger partial charge is 0.497 e. The molecule has 1 amide bonds. The smallest absolute Gasteiger partial charge is 0.262 e. The number of morpholine rings is 1. The molecule has 3 heterocycles. The summed E-state index contributed by atoms with van der Waals surface area (Å²) in [5.74, 6) is 0.549. The number of rotatable bonds is 7. The van der Waals surface area contributed by atoms with Gasteiger partial charge in [0.25, 0.3) is 5.91 Å². The van der Waals surface area contributed by atoms with Crippen molar-refractivity contribution in [1.29, 1.82) is 0 Å². The summed E-state index contributed by atoms with van der Waals surface area (Å²) in [6, 6.07) is 7.35. The minimum atomic E-state index is -0.184. The van der Waals surface area contributed by atoms with Crippen LogP contribution >= 0.6 is 45.9 Å². The highest BCUT2D eigenvalue weighted by atomic mass is 35.5. The van der Waals surface area contributed by atoms with Crippen molar-refractivity contribution >= 4 is 67.1 Å². The number of carbonyl (C=O) groups is 1. The third-order valence-electron chi connectivity index (χ3n) is 4.91. The number of methoxy groups -OCH3 is 1. The number of thiazole rings is 1. The average molecular weight is 486 g/mol. The first kappa shape index (κ1) is 21.8. The predicted octanol–water partition coefficient (Wildman–Crippen LogP) is 5.04. The minimum Gasteiger partial charge on any atom is -0.497 e. The lowest BCUT2D eigenvalue weighted by atomic mass is 10.2. The molecule has 0 spiro atoms. The number of nitrogens with zero attached hydrogens (tertiary/aromatic N) is 3. The number of fused-ring (bicyclic) bond motifs is 1. The first-order chi connectivity index (χ1) is 14.5. The lowest BCUT2D eigenvalue weighted by molar-refractivity contribution is 0.0376. The Hall–Kier alpha value is -1.42. The summed E-state index contributed by atoms with van der Waals surface area (Å²) in [6.45, 7) is 4.78. The number of thiophene rings is 1. The van der Waals surface area contributed by atoms with E-state index in [2.05, 4.69) is 4.90 Å². The highest BCUT2D eigenvalue weighted by molar-refractivity contribution is 7.22. The predicted molar refractivity (Wildman–Crippen MR) is 124 cm³/mol. The minimum absolute atomic E-state index is 0.184. The van der Waals surface area contributed by atoms with E-state index in [4.69, 9.17) is 37.7 Å². The van der Waals surface area contributed by atoms with Crippen LogP contribution in [0, 0.1) is 0 Å². The van der Waals surface area contributed by atoms with Gasteiger partial charge in [0.1, 0.15) is 10.1 Å². The van der Waals surface area contributed by atoms with Gasteiger partial charge in [-0.2, -0.15) is 0 Å². The van der Waals surface area contributed by atoms with Crippen molar-refractivity contribution in [2.24, 2.45) is 0 Å². The zero-order valence-electron chi connectivity index (χ0n) is 16.4.